The minimum absolute atomic E-state index is 0.111. The zero-order valence-electron chi connectivity index (χ0n) is 8.97. The van der Waals surface area contributed by atoms with E-state index in [1.807, 2.05) is 0 Å². The Labute approximate surface area is 93.3 Å². The van der Waals surface area contributed by atoms with Crippen molar-refractivity contribution < 1.29 is 13.9 Å². The predicted molar refractivity (Wildman–Crippen MR) is 58.3 cm³/mol. The maximum atomic E-state index is 13.3. The van der Waals surface area contributed by atoms with Crippen molar-refractivity contribution in [3.05, 3.63) is 29.8 Å². The summed E-state index contributed by atoms with van der Waals surface area (Å²) < 4.78 is 26.2. The van der Waals surface area contributed by atoms with E-state index in [0.717, 1.165) is 31.7 Å². The summed E-state index contributed by atoms with van der Waals surface area (Å²) in [6.45, 7) is 0.271. The first kappa shape index (κ1) is 11.3. The predicted octanol–water partition coefficient (Wildman–Crippen LogP) is 2.68. The van der Waals surface area contributed by atoms with Crippen molar-refractivity contribution in [3.8, 4) is 0 Å². The van der Waals surface area contributed by atoms with Crippen LogP contribution in [0.15, 0.2) is 18.2 Å². The highest BCUT2D eigenvalue weighted by atomic mass is 19.2. The smallest absolute Gasteiger partial charge is 0.181 e. The van der Waals surface area contributed by atoms with Gasteiger partial charge in [0, 0.05) is 6.54 Å². The molecule has 1 saturated carbocycles. The Bertz CT molecular complexity index is 375. The molecule has 0 radical (unpaired) electrons. The first-order valence-electron chi connectivity index (χ1n) is 5.51. The zero-order valence-corrected chi connectivity index (χ0v) is 8.97. The summed E-state index contributed by atoms with van der Waals surface area (Å²) in [5.74, 6) is -1.76. The monoisotopic (exact) mass is 227 g/mol. The van der Waals surface area contributed by atoms with Crippen molar-refractivity contribution in [2.45, 2.75) is 31.3 Å². The SMILES string of the molecule is OC1(CNc2cccc(F)c2F)CCCC1. The molecule has 1 aromatic rings. The second-order valence-corrected chi connectivity index (χ2v) is 4.39. The van der Waals surface area contributed by atoms with Crippen LogP contribution in [0.5, 0.6) is 0 Å². The third-order valence-corrected chi connectivity index (χ3v) is 3.09. The second kappa shape index (κ2) is 4.37. The molecule has 0 unspecified atom stereocenters. The molecule has 0 atom stereocenters. The number of hydrogen-bond donors (Lipinski definition) is 2. The Balaban J connectivity index is 2.02. The summed E-state index contributed by atoms with van der Waals surface area (Å²) in [7, 11) is 0. The van der Waals surface area contributed by atoms with Crippen LogP contribution in [0, 0.1) is 11.6 Å². The number of nitrogens with one attached hydrogen (secondary N) is 1. The molecule has 1 aliphatic rings. The van der Waals surface area contributed by atoms with Gasteiger partial charge in [-0.2, -0.15) is 0 Å². The Kier molecular flexibility index (Phi) is 3.10. The topological polar surface area (TPSA) is 32.3 Å². The van der Waals surface area contributed by atoms with E-state index in [-0.39, 0.29) is 12.2 Å². The Morgan fingerprint density at radius 1 is 1.25 bits per heavy atom. The lowest BCUT2D eigenvalue weighted by Crippen LogP contribution is -2.33. The fourth-order valence-electron chi connectivity index (χ4n) is 2.11. The highest BCUT2D eigenvalue weighted by Crippen LogP contribution is 2.30. The van der Waals surface area contributed by atoms with Gasteiger partial charge in [-0.15, -0.1) is 0 Å². The lowest BCUT2D eigenvalue weighted by molar-refractivity contribution is 0.0614. The highest BCUT2D eigenvalue weighted by molar-refractivity contribution is 5.45. The van der Waals surface area contributed by atoms with Gasteiger partial charge in [0.2, 0.25) is 0 Å². The minimum Gasteiger partial charge on any atom is -0.388 e. The third kappa shape index (κ3) is 2.32. The summed E-state index contributed by atoms with van der Waals surface area (Å²) >= 11 is 0. The molecule has 0 aliphatic heterocycles. The standard InChI is InChI=1S/C12H15F2NO/c13-9-4-3-5-10(11(9)14)15-8-12(16)6-1-2-7-12/h3-5,15-16H,1-2,6-8H2. The summed E-state index contributed by atoms with van der Waals surface area (Å²) in [4.78, 5) is 0. The molecule has 16 heavy (non-hydrogen) atoms. The van der Waals surface area contributed by atoms with Crippen LogP contribution in [0.4, 0.5) is 14.5 Å². The molecule has 2 nitrogen and oxygen atoms in total. The lowest BCUT2D eigenvalue weighted by atomic mass is 10.0. The van der Waals surface area contributed by atoms with E-state index in [1.165, 1.54) is 12.1 Å². The minimum atomic E-state index is -0.885. The molecule has 0 heterocycles. The molecule has 1 aromatic carbocycles. The molecular formula is C12H15F2NO. The fraction of sp³-hybridized carbons (Fsp3) is 0.500. The van der Waals surface area contributed by atoms with Crippen LogP contribution in [-0.4, -0.2) is 17.3 Å². The van der Waals surface area contributed by atoms with Gasteiger partial charge in [0.15, 0.2) is 11.6 Å². The number of anilines is 1. The Hall–Kier alpha value is -1.16. The van der Waals surface area contributed by atoms with Crippen molar-refractivity contribution in [1.82, 2.24) is 0 Å². The van der Waals surface area contributed by atoms with Crippen molar-refractivity contribution >= 4 is 5.69 Å². The molecule has 88 valence electrons. The van der Waals surface area contributed by atoms with Gasteiger partial charge in [0.05, 0.1) is 11.3 Å². The van der Waals surface area contributed by atoms with Crippen LogP contribution in [0.3, 0.4) is 0 Å². The van der Waals surface area contributed by atoms with Crippen LogP contribution in [0.2, 0.25) is 0 Å². The molecule has 1 fully saturated rings. The molecule has 0 aromatic heterocycles. The number of rotatable bonds is 3. The maximum Gasteiger partial charge on any atom is 0.181 e. The molecule has 0 saturated heterocycles. The van der Waals surface area contributed by atoms with Gasteiger partial charge in [-0.3, -0.25) is 0 Å². The molecule has 2 N–H and O–H groups in total. The Morgan fingerprint density at radius 3 is 2.62 bits per heavy atom. The van der Waals surface area contributed by atoms with Crippen LogP contribution in [0.25, 0.3) is 0 Å². The number of hydrogen-bond acceptors (Lipinski definition) is 2. The Morgan fingerprint density at radius 2 is 1.94 bits per heavy atom. The van der Waals surface area contributed by atoms with E-state index in [2.05, 4.69) is 5.32 Å². The van der Waals surface area contributed by atoms with Gasteiger partial charge < -0.3 is 10.4 Å². The third-order valence-electron chi connectivity index (χ3n) is 3.09. The largest absolute Gasteiger partial charge is 0.388 e. The van der Waals surface area contributed by atoms with Crippen LogP contribution in [0.1, 0.15) is 25.7 Å². The highest BCUT2D eigenvalue weighted by Gasteiger charge is 2.30. The van der Waals surface area contributed by atoms with Gasteiger partial charge in [-0.25, -0.2) is 8.78 Å². The van der Waals surface area contributed by atoms with Crippen LogP contribution >= 0.6 is 0 Å². The summed E-state index contributed by atoms with van der Waals surface area (Å²) in [5.41, 5.74) is -0.654. The molecule has 2 rings (SSSR count). The van der Waals surface area contributed by atoms with Gasteiger partial charge >= 0.3 is 0 Å². The number of aliphatic hydroxyl groups is 1. The average molecular weight is 227 g/mol. The molecule has 4 heteroatoms. The van der Waals surface area contributed by atoms with Gasteiger partial charge in [0.1, 0.15) is 0 Å². The normalized spacial score (nSPS) is 18.7. The molecule has 0 bridgehead atoms. The first-order valence-corrected chi connectivity index (χ1v) is 5.51. The maximum absolute atomic E-state index is 13.3. The van der Waals surface area contributed by atoms with Crippen LogP contribution in [-0.2, 0) is 0 Å². The quantitative estimate of drug-likeness (QED) is 0.832. The van der Waals surface area contributed by atoms with Gasteiger partial charge in [-0.1, -0.05) is 18.9 Å². The van der Waals surface area contributed by atoms with E-state index >= 15 is 0 Å². The van der Waals surface area contributed by atoms with Gasteiger partial charge in [-0.05, 0) is 25.0 Å². The molecular weight excluding hydrogens is 212 g/mol. The van der Waals surface area contributed by atoms with Crippen molar-refractivity contribution in [2.75, 3.05) is 11.9 Å². The van der Waals surface area contributed by atoms with Crippen LogP contribution < -0.4 is 5.32 Å². The first-order chi connectivity index (χ1) is 7.61. The van der Waals surface area contributed by atoms with Crippen molar-refractivity contribution in [1.29, 1.82) is 0 Å². The molecule has 0 spiro atoms. The summed E-state index contributed by atoms with van der Waals surface area (Å²) in [6, 6.07) is 3.99. The lowest BCUT2D eigenvalue weighted by Gasteiger charge is -2.23. The molecule has 0 amide bonds. The van der Waals surface area contributed by atoms with E-state index in [4.69, 9.17) is 0 Å². The number of halogens is 2. The van der Waals surface area contributed by atoms with Crippen molar-refractivity contribution in [2.24, 2.45) is 0 Å². The fourth-order valence-corrected chi connectivity index (χ4v) is 2.11. The summed E-state index contributed by atoms with van der Waals surface area (Å²) in [6.07, 6.45) is 3.42. The summed E-state index contributed by atoms with van der Waals surface area (Å²) in [5, 5.41) is 12.8. The second-order valence-electron chi connectivity index (χ2n) is 4.39. The zero-order chi connectivity index (χ0) is 11.6. The number of benzene rings is 1. The average Bonchev–Trinajstić information content (AvgIpc) is 2.68. The van der Waals surface area contributed by atoms with Crippen molar-refractivity contribution in [3.63, 3.8) is 0 Å². The van der Waals surface area contributed by atoms with E-state index < -0.39 is 17.2 Å². The van der Waals surface area contributed by atoms with E-state index in [9.17, 15) is 13.9 Å². The van der Waals surface area contributed by atoms with E-state index in [0.29, 0.717) is 0 Å². The van der Waals surface area contributed by atoms with E-state index in [1.54, 1.807) is 0 Å². The molecule has 1 aliphatic carbocycles. The van der Waals surface area contributed by atoms with Gasteiger partial charge in [0.25, 0.3) is 0 Å².